The Morgan fingerprint density at radius 3 is 2.31 bits per heavy atom. The molecule has 1 radical (unpaired) electrons. The fourth-order valence-electron chi connectivity index (χ4n) is 2.23. The zero-order valence-corrected chi connectivity index (χ0v) is 16.2. The van der Waals surface area contributed by atoms with Gasteiger partial charge in [0, 0.05) is 0 Å². The summed E-state index contributed by atoms with van der Waals surface area (Å²) in [4.78, 5) is 0. The first-order chi connectivity index (χ1) is 12.1. The Bertz CT molecular complexity index is 724. The Hall–Kier alpha value is -1.85. The molecule has 3 nitrogen and oxygen atoms in total. The summed E-state index contributed by atoms with van der Waals surface area (Å²) in [6.07, 6.45) is 0.708. The number of hydrogen-bond acceptors (Lipinski definition) is 3. The number of benzene rings is 2. The number of hydrogen-bond donors (Lipinski definition) is 1. The normalized spacial score (nSPS) is 12.1. The lowest BCUT2D eigenvalue weighted by Crippen LogP contribution is -2.49. The molecular weight excluding hydrogens is 330 g/mol. The predicted octanol–water partition coefficient (Wildman–Crippen LogP) is 3.78. The van der Waals surface area contributed by atoms with Crippen LogP contribution in [0.2, 0.25) is 0 Å². The average molecular weight is 357 g/mol. The number of halogens is 1. The van der Waals surface area contributed by atoms with Crippen LogP contribution in [0.3, 0.4) is 0 Å². The first-order valence-electron chi connectivity index (χ1n) is 8.86. The second-order valence-corrected chi connectivity index (χ2v) is 7.41. The van der Waals surface area contributed by atoms with Crippen molar-refractivity contribution in [2.75, 3.05) is 0 Å². The van der Waals surface area contributed by atoms with E-state index < -0.39 is 17.0 Å². The van der Waals surface area contributed by atoms with E-state index >= 15 is 0 Å². The lowest BCUT2D eigenvalue weighted by Gasteiger charge is -2.37. The van der Waals surface area contributed by atoms with Gasteiger partial charge in [0.25, 0.3) is 0 Å². The topological polar surface area (TPSA) is 38.7 Å². The van der Waals surface area contributed by atoms with Crippen LogP contribution in [0, 0.1) is 5.82 Å². The summed E-state index contributed by atoms with van der Waals surface area (Å²) in [5, 5.41) is 10.2. The molecule has 0 unspecified atom stereocenters. The van der Waals surface area contributed by atoms with Gasteiger partial charge in [-0.25, -0.2) is 4.39 Å². The Morgan fingerprint density at radius 2 is 1.73 bits per heavy atom. The second kappa shape index (κ2) is 8.23. The van der Waals surface area contributed by atoms with E-state index in [-0.39, 0.29) is 5.75 Å². The largest absolute Gasteiger partial charge is 0.486 e. The van der Waals surface area contributed by atoms with E-state index in [0.717, 1.165) is 11.1 Å². The van der Waals surface area contributed by atoms with E-state index in [1.165, 1.54) is 13.5 Å². The smallest absolute Gasteiger partial charge is 0.331 e. The van der Waals surface area contributed by atoms with Crippen LogP contribution < -0.4 is 10.2 Å². The summed E-state index contributed by atoms with van der Waals surface area (Å²) >= 11 is 0. The van der Waals surface area contributed by atoms with E-state index in [2.05, 4.69) is 0 Å². The zero-order chi connectivity index (χ0) is 19.4. The van der Waals surface area contributed by atoms with Crippen LogP contribution in [0.25, 0.3) is 0 Å². The molecule has 0 aromatic heterocycles. The van der Waals surface area contributed by atoms with Gasteiger partial charge in [0.2, 0.25) is 0 Å². The number of aliphatic hydroxyl groups is 1. The third-order valence-electron chi connectivity index (χ3n) is 4.77. The molecule has 5 heteroatoms. The van der Waals surface area contributed by atoms with Gasteiger partial charge in [-0.15, -0.1) is 0 Å². The van der Waals surface area contributed by atoms with Crippen molar-refractivity contribution in [1.82, 2.24) is 0 Å². The van der Waals surface area contributed by atoms with Crippen LogP contribution in [0.5, 0.6) is 5.75 Å². The summed E-state index contributed by atoms with van der Waals surface area (Å²) in [6, 6.07) is 12.8. The average Bonchev–Trinajstić information content (AvgIpc) is 2.59. The fraction of sp³-hybridized carbons (Fsp3) is 0.429. The molecule has 26 heavy (non-hydrogen) atoms. The van der Waals surface area contributed by atoms with Crippen LogP contribution in [0.15, 0.2) is 42.5 Å². The summed E-state index contributed by atoms with van der Waals surface area (Å²) in [5.74, 6) is -0.210. The maximum Gasteiger partial charge on any atom is 0.331 e. The first-order valence-corrected chi connectivity index (χ1v) is 8.86. The second-order valence-electron chi connectivity index (χ2n) is 7.41. The monoisotopic (exact) mass is 357 g/mol. The highest BCUT2D eigenvalue weighted by atomic mass is 19.1. The van der Waals surface area contributed by atoms with Gasteiger partial charge in [-0.3, -0.25) is 0 Å². The number of ether oxygens (including phenoxy) is 1. The lowest BCUT2D eigenvalue weighted by molar-refractivity contribution is -0.0893. The van der Waals surface area contributed by atoms with Crippen molar-refractivity contribution in [3.63, 3.8) is 0 Å². The molecule has 0 heterocycles. The van der Waals surface area contributed by atoms with Crippen molar-refractivity contribution >= 4 is 12.9 Å². The summed E-state index contributed by atoms with van der Waals surface area (Å²) in [5.41, 5.74) is 0.704. The Kier molecular flexibility index (Phi) is 6.48. The minimum Gasteiger partial charge on any atom is -0.486 e. The van der Waals surface area contributed by atoms with E-state index in [0.29, 0.717) is 18.5 Å². The van der Waals surface area contributed by atoms with E-state index in [9.17, 15) is 9.50 Å². The van der Waals surface area contributed by atoms with Crippen LogP contribution in [-0.4, -0.2) is 23.8 Å². The van der Waals surface area contributed by atoms with Gasteiger partial charge in [0.15, 0.2) is 11.6 Å². The van der Waals surface area contributed by atoms with Crippen LogP contribution in [0.1, 0.15) is 45.7 Å². The van der Waals surface area contributed by atoms with Gasteiger partial charge in [0.05, 0.1) is 11.2 Å². The van der Waals surface area contributed by atoms with Gasteiger partial charge in [-0.05, 0) is 62.8 Å². The highest BCUT2D eigenvalue weighted by molar-refractivity contribution is 6.47. The molecular formula is C21H27BFO3. The highest BCUT2D eigenvalue weighted by Crippen LogP contribution is 2.25. The van der Waals surface area contributed by atoms with Gasteiger partial charge < -0.3 is 14.5 Å². The molecule has 0 spiro atoms. The number of rotatable bonds is 8. The molecule has 2 aromatic rings. The van der Waals surface area contributed by atoms with E-state index in [1.54, 1.807) is 33.8 Å². The maximum absolute atomic E-state index is 14.5. The molecule has 0 aliphatic rings. The highest BCUT2D eigenvalue weighted by Gasteiger charge is 2.36. The van der Waals surface area contributed by atoms with Crippen molar-refractivity contribution < 1.29 is 18.9 Å². The molecule has 0 atom stereocenters. The molecule has 0 aliphatic carbocycles. The molecule has 0 saturated heterocycles. The van der Waals surface area contributed by atoms with Crippen LogP contribution >= 0.6 is 0 Å². The standard InChI is InChI=1S/C21H27BFO3/c1-6-16-12-19(25-14-15-10-8-7-9-11-15)18(23)13-17(16)22-26-21(4,5)20(2,3)24/h7-13,24H,6,14H2,1-5H3. The zero-order valence-electron chi connectivity index (χ0n) is 16.2. The van der Waals surface area contributed by atoms with Crippen molar-refractivity contribution in [2.24, 2.45) is 0 Å². The third kappa shape index (κ3) is 5.09. The Labute approximate surface area is 156 Å². The summed E-state index contributed by atoms with van der Waals surface area (Å²) in [7, 11) is 1.51. The molecule has 0 aliphatic heterocycles. The fourth-order valence-corrected chi connectivity index (χ4v) is 2.23. The molecule has 0 saturated carbocycles. The van der Waals surface area contributed by atoms with E-state index in [4.69, 9.17) is 9.39 Å². The number of aryl methyl sites for hydroxylation is 1. The summed E-state index contributed by atoms with van der Waals surface area (Å²) < 4.78 is 25.9. The molecule has 0 fully saturated rings. The maximum atomic E-state index is 14.5. The molecule has 139 valence electrons. The van der Waals surface area contributed by atoms with Crippen molar-refractivity contribution in [3.8, 4) is 5.75 Å². The van der Waals surface area contributed by atoms with Crippen molar-refractivity contribution in [3.05, 3.63) is 59.4 Å². The quantitative estimate of drug-likeness (QED) is 0.731. The van der Waals surface area contributed by atoms with Crippen LogP contribution in [0.4, 0.5) is 4.39 Å². The SMILES string of the molecule is CCc1cc(OCc2ccccc2)c(F)cc1[B]OC(C)(C)C(C)(C)O. The molecule has 1 N–H and O–H groups in total. The molecule has 0 bridgehead atoms. The molecule has 0 amide bonds. The third-order valence-corrected chi connectivity index (χ3v) is 4.77. The predicted molar refractivity (Wildman–Crippen MR) is 103 cm³/mol. The summed E-state index contributed by atoms with van der Waals surface area (Å²) in [6.45, 7) is 9.26. The van der Waals surface area contributed by atoms with Gasteiger partial charge in [-0.2, -0.15) is 0 Å². The first kappa shape index (κ1) is 20.5. The van der Waals surface area contributed by atoms with Gasteiger partial charge in [0.1, 0.15) is 6.61 Å². The minimum atomic E-state index is -1.03. The molecule has 2 aromatic carbocycles. The van der Waals surface area contributed by atoms with E-state index in [1.807, 2.05) is 37.3 Å². The van der Waals surface area contributed by atoms with Crippen molar-refractivity contribution in [1.29, 1.82) is 0 Å². The van der Waals surface area contributed by atoms with Gasteiger partial charge in [-0.1, -0.05) is 37.3 Å². The lowest BCUT2D eigenvalue weighted by atomic mass is 9.79. The minimum absolute atomic E-state index is 0.226. The van der Waals surface area contributed by atoms with Crippen molar-refractivity contribution in [2.45, 2.75) is 58.8 Å². The Morgan fingerprint density at radius 1 is 1.08 bits per heavy atom. The molecule has 2 rings (SSSR count). The van der Waals surface area contributed by atoms with Gasteiger partial charge >= 0.3 is 7.48 Å². The van der Waals surface area contributed by atoms with Crippen LogP contribution in [-0.2, 0) is 17.7 Å². The Balaban J connectivity index is 2.13.